The Hall–Kier alpha value is -4.51. The highest BCUT2D eigenvalue weighted by atomic mass is 16.7. The first-order valence-electron chi connectivity index (χ1n) is 15.1. The average Bonchev–Trinajstić information content (AvgIpc) is 3.71. The number of piperidine rings is 3. The summed E-state index contributed by atoms with van der Waals surface area (Å²) in [4.78, 5) is 28.0. The van der Waals surface area contributed by atoms with Crippen molar-refractivity contribution in [3.05, 3.63) is 95.7 Å². The first-order valence-corrected chi connectivity index (χ1v) is 15.1. The third-order valence-corrected chi connectivity index (χ3v) is 8.35. The summed E-state index contributed by atoms with van der Waals surface area (Å²) in [7, 11) is 1.75. The van der Waals surface area contributed by atoms with Crippen LogP contribution in [0.25, 0.3) is 0 Å². The van der Waals surface area contributed by atoms with Crippen molar-refractivity contribution < 1.29 is 33.3 Å². The molecular formula is C33H38N4O7. The number of esters is 1. The molecular weight excluding hydrogens is 564 g/mol. The van der Waals surface area contributed by atoms with Gasteiger partial charge in [0.1, 0.15) is 31.0 Å². The summed E-state index contributed by atoms with van der Waals surface area (Å²) in [6.07, 6.45) is 5.53. The van der Waals surface area contributed by atoms with Crippen LogP contribution in [0.4, 0.5) is 4.79 Å². The number of rotatable bonds is 12. The minimum absolute atomic E-state index is 0.0802. The second-order valence-electron chi connectivity index (χ2n) is 11.3. The zero-order valence-corrected chi connectivity index (χ0v) is 24.8. The van der Waals surface area contributed by atoms with Gasteiger partial charge in [0.25, 0.3) is 0 Å². The Labute approximate surface area is 256 Å². The van der Waals surface area contributed by atoms with Crippen LogP contribution in [0.5, 0.6) is 5.75 Å². The van der Waals surface area contributed by atoms with Crippen LogP contribution in [-0.2, 0) is 32.6 Å². The summed E-state index contributed by atoms with van der Waals surface area (Å²) < 4.78 is 29.5. The van der Waals surface area contributed by atoms with Gasteiger partial charge in [-0.3, -0.25) is 9.58 Å². The Morgan fingerprint density at radius 1 is 1.02 bits per heavy atom. The van der Waals surface area contributed by atoms with E-state index < -0.39 is 18.1 Å². The number of carbonyl (C=O) groups excluding carboxylic acids is 2. The molecule has 3 saturated heterocycles. The number of aryl methyl sites for hydroxylation is 1. The Morgan fingerprint density at radius 3 is 2.55 bits per heavy atom. The molecule has 7 rings (SSSR count). The molecule has 1 amide bonds. The van der Waals surface area contributed by atoms with E-state index in [9.17, 15) is 9.59 Å². The minimum Gasteiger partial charge on any atom is -0.487 e. The maximum atomic E-state index is 13.1. The van der Waals surface area contributed by atoms with Crippen molar-refractivity contribution in [2.45, 2.75) is 50.7 Å². The molecule has 11 nitrogen and oxygen atoms in total. The lowest BCUT2D eigenvalue weighted by Crippen LogP contribution is -2.52. The van der Waals surface area contributed by atoms with Gasteiger partial charge in [-0.2, -0.15) is 5.10 Å². The average molecular weight is 603 g/mol. The van der Waals surface area contributed by atoms with Crippen LogP contribution in [0.3, 0.4) is 0 Å². The van der Waals surface area contributed by atoms with E-state index in [1.54, 1.807) is 17.8 Å². The molecule has 3 fully saturated rings. The topological polar surface area (TPSA) is 113 Å². The number of alkyl carbamates (subject to hydrolysis) is 1. The Balaban J connectivity index is 1.06. The molecule has 232 valence electrons. The van der Waals surface area contributed by atoms with E-state index in [1.807, 2.05) is 54.6 Å². The normalized spacial score (nSPS) is 21.2. The first kappa shape index (κ1) is 29.6. The lowest BCUT2D eigenvalue weighted by atomic mass is 9.86. The van der Waals surface area contributed by atoms with E-state index in [4.69, 9.17) is 23.7 Å². The lowest BCUT2D eigenvalue weighted by molar-refractivity contribution is -0.0336. The smallest absolute Gasteiger partial charge is 0.408 e. The molecule has 1 aromatic heterocycles. The summed E-state index contributed by atoms with van der Waals surface area (Å²) in [5.74, 6) is 0.547. The van der Waals surface area contributed by atoms with Crippen LogP contribution in [0.1, 0.15) is 59.0 Å². The van der Waals surface area contributed by atoms with Crippen LogP contribution in [0.15, 0.2) is 73.2 Å². The second-order valence-corrected chi connectivity index (χ2v) is 11.3. The monoisotopic (exact) mass is 602 g/mol. The Morgan fingerprint density at radius 2 is 1.80 bits per heavy atom. The Bertz CT molecular complexity index is 1440. The molecule has 0 radical (unpaired) electrons. The third-order valence-electron chi connectivity index (χ3n) is 8.35. The number of amides is 1. The van der Waals surface area contributed by atoms with Crippen molar-refractivity contribution >= 4 is 12.1 Å². The number of nitrogens with zero attached hydrogens (tertiary/aromatic N) is 3. The van der Waals surface area contributed by atoms with Gasteiger partial charge >= 0.3 is 12.1 Å². The van der Waals surface area contributed by atoms with Crippen molar-refractivity contribution in [2.75, 3.05) is 26.2 Å². The van der Waals surface area contributed by atoms with Gasteiger partial charge in [-0.15, -0.1) is 0 Å². The molecule has 11 heteroatoms. The molecule has 4 aliphatic rings. The maximum Gasteiger partial charge on any atom is 0.408 e. The molecule has 3 aromatic rings. The molecule has 0 spiro atoms. The second kappa shape index (κ2) is 13.9. The predicted octanol–water partition coefficient (Wildman–Crippen LogP) is 4.69. The Kier molecular flexibility index (Phi) is 9.31. The van der Waals surface area contributed by atoms with Crippen LogP contribution in [0, 0.1) is 5.92 Å². The molecule has 5 heterocycles. The fourth-order valence-corrected chi connectivity index (χ4v) is 5.92. The third kappa shape index (κ3) is 7.34. The lowest BCUT2D eigenvalue weighted by Gasteiger charge is -2.43. The largest absolute Gasteiger partial charge is 0.487 e. The van der Waals surface area contributed by atoms with Gasteiger partial charge in [-0.05, 0) is 67.6 Å². The minimum atomic E-state index is -0.498. The molecule has 0 unspecified atom stereocenters. The number of fused-ring (bicyclic) bond motifs is 3. The highest BCUT2D eigenvalue weighted by molar-refractivity contribution is 5.87. The molecule has 0 saturated carbocycles. The SMILES string of the molecule is Cn1nc(C(=O)OCCCC2OC=CO2)cc1COc1cccc([C@@H](NC(=O)O[C@H]2CN3CCC2CC3)c2ccccc2)c1. The van der Waals surface area contributed by atoms with Crippen molar-refractivity contribution in [3.8, 4) is 5.75 Å². The molecule has 2 bridgehead atoms. The van der Waals surface area contributed by atoms with Crippen LogP contribution < -0.4 is 10.1 Å². The van der Waals surface area contributed by atoms with E-state index >= 15 is 0 Å². The fourth-order valence-electron chi connectivity index (χ4n) is 5.92. The molecule has 2 atom stereocenters. The predicted molar refractivity (Wildman–Crippen MR) is 159 cm³/mol. The molecule has 44 heavy (non-hydrogen) atoms. The van der Waals surface area contributed by atoms with Gasteiger partial charge in [0.15, 0.2) is 5.69 Å². The van der Waals surface area contributed by atoms with Crippen LogP contribution in [0.2, 0.25) is 0 Å². The van der Waals surface area contributed by atoms with Gasteiger partial charge in [0, 0.05) is 20.0 Å². The quantitative estimate of drug-likeness (QED) is 0.233. The molecule has 1 N–H and O–H groups in total. The van der Waals surface area contributed by atoms with Gasteiger partial charge in [-0.25, -0.2) is 9.59 Å². The standard InChI is InChI=1S/C33H38N4O7/c1-36-26(20-28(35-36)32(38)42-16-6-11-30-40-17-18-41-30)22-43-27-10-5-9-25(19-27)31(24-7-3-2-4-8-24)34-33(39)44-29-21-37-14-12-23(29)13-15-37/h2-5,7-10,17-20,23,29-31H,6,11-16,21-22H2,1H3,(H,34,39)/t29-,31-/m0/s1. The van der Waals surface area contributed by atoms with E-state index in [2.05, 4.69) is 15.3 Å². The van der Waals surface area contributed by atoms with E-state index in [1.165, 1.54) is 12.5 Å². The van der Waals surface area contributed by atoms with Crippen molar-refractivity contribution in [1.82, 2.24) is 20.0 Å². The van der Waals surface area contributed by atoms with Crippen molar-refractivity contribution in [1.29, 1.82) is 0 Å². The fraction of sp³-hybridized carbons (Fsp3) is 0.424. The first-order chi connectivity index (χ1) is 21.5. The van der Waals surface area contributed by atoms with Gasteiger partial charge in [0.05, 0.1) is 18.3 Å². The number of aromatic nitrogens is 2. The van der Waals surface area contributed by atoms with Crippen LogP contribution in [-0.4, -0.2) is 65.4 Å². The summed E-state index contributed by atoms with van der Waals surface area (Å²) >= 11 is 0. The number of hydrogen-bond donors (Lipinski definition) is 1. The van der Waals surface area contributed by atoms with Gasteiger partial charge < -0.3 is 29.0 Å². The zero-order valence-electron chi connectivity index (χ0n) is 24.8. The van der Waals surface area contributed by atoms with Crippen molar-refractivity contribution in [3.63, 3.8) is 0 Å². The zero-order chi connectivity index (χ0) is 30.3. The number of carbonyl (C=O) groups is 2. The van der Waals surface area contributed by atoms with Crippen molar-refractivity contribution in [2.24, 2.45) is 13.0 Å². The number of nitrogens with one attached hydrogen (secondary N) is 1. The molecule has 4 aliphatic heterocycles. The molecule has 0 aliphatic carbocycles. The summed E-state index contributed by atoms with van der Waals surface area (Å²) in [6, 6.07) is 18.7. The van der Waals surface area contributed by atoms with E-state index in [0.717, 1.165) is 43.6 Å². The summed E-state index contributed by atoms with van der Waals surface area (Å²) in [6.45, 7) is 3.39. The van der Waals surface area contributed by atoms with Crippen LogP contribution >= 0.6 is 0 Å². The van der Waals surface area contributed by atoms with Gasteiger partial charge in [-0.1, -0.05) is 42.5 Å². The highest BCUT2D eigenvalue weighted by Crippen LogP contribution is 2.31. The molecule has 2 aromatic carbocycles. The number of hydrogen-bond acceptors (Lipinski definition) is 9. The maximum absolute atomic E-state index is 13.1. The van der Waals surface area contributed by atoms with Gasteiger partial charge in [0.2, 0.25) is 6.29 Å². The summed E-state index contributed by atoms with van der Waals surface area (Å²) in [5.41, 5.74) is 2.72. The summed E-state index contributed by atoms with van der Waals surface area (Å²) in [5, 5.41) is 7.40. The van der Waals surface area contributed by atoms with E-state index in [0.29, 0.717) is 30.2 Å². The number of benzene rings is 2. The highest BCUT2D eigenvalue weighted by Gasteiger charge is 2.37. The number of ether oxygens (including phenoxy) is 5. The van der Waals surface area contributed by atoms with E-state index in [-0.39, 0.29) is 31.3 Å².